The molecule has 0 aromatic heterocycles. The van der Waals surface area contributed by atoms with Crippen molar-refractivity contribution in [2.24, 2.45) is 11.3 Å². The first kappa shape index (κ1) is 7.10. The van der Waals surface area contributed by atoms with Crippen LogP contribution in [-0.2, 0) is 9.53 Å². The molecule has 1 saturated carbocycles. The third kappa shape index (κ3) is 1.13. The molecule has 3 rings (SSSR count). The first-order valence-electron chi connectivity index (χ1n) is 4.00. The number of carboxylic acid groups (broad SMARTS) is 1. The van der Waals surface area contributed by atoms with Crippen molar-refractivity contribution in [3.63, 3.8) is 0 Å². The van der Waals surface area contributed by atoms with Gasteiger partial charge in [0.2, 0.25) is 0 Å². The molecule has 0 atom stereocenters. The minimum absolute atomic E-state index is 0.0226. The van der Waals surface area contributed by atoms with Gasteiger partial charge in [-0.3, -0.25) is 4.79 Å². The maximum Gasteiger partial charge on any atom is 0.303 e. The van der Waals surface area contributed by atoms with Crippen LogP contribution in [0.15, 0.2) is 0 Å². The average molecular weight is 156 g/mol. The molecule has 3 nitrogen and oxygen atoms in total. The van der Waals surface area contributed by atoms with Crippen LogP contribution >= 0.6 is 0 Å². The first-order chi connectivity index (χ1) is 5.20. The molecule has 0 spiro atoms. The second kappa shape index (κ2) is 2.21. The Morgan fingerprint density at radius 2 is 2.36 bits per heavy atom. The van der Waals surface area contributed by atoms with E-state index in [1.54, 1.807) is 0 Å². The van der Waals surface area contributed by atoms with Gasteiger partial charge in [-0.15, -0.1) is 0 Å². The number of rotatable bonds is 2. The summed E-state index contributed by atoms with van der Waals surface area (Å²) in [6.45, 7) is 1.51. The average Bonchev–Trinajstić information content (AvgIpc) is 1.84. The van der Waals surface area contributed by atoms with Crippen LogP contribution in [0.25, 0.3) is 0 Å². The van der Waals surface area contributed by atoms with Crippen molar-refractivity contribution in [1.82, 2.24) is 0 Å². The van der Waals surface area contributed by atoms with Gasteiger partial charge >= 0.3 is 5.97 Å². The number of aliphatic carboxylic acids is 1. The van der Waals surface area contributed by atoms with Crippen molar-refractivity contribution >= 4 is 5.97 Å². The third-order valence-electron chi connectivity index (χ3n) is 2.73. The maximum absolute atomic E-state index is 10.4. The Hall–Kier alpha value is -0.570. The molecule has 11 heavy (non-hydrogen) atoms. The molecular formula is C8H12O3. The van der Waals surface area contributed by atoms with Crippen molar-refractivity contribution in [2.45, 2.75) is 19.3 Å². The van der Waals surface area contributed by atoms with Gasteiger partial charge in [0.25, 0.3) is 0 Å². The summed E-state index contributed by atoms with van der Waals surface area (Å²) in [6.07, 6.45) is 2.43. The lowest BCUT2D eigenvalue weighted by Gasteiger charge is -2.51. The monoisotopic (exact) mass is 156 g/mol. The number of hydrogen-bond acceptors (Lipinski definition) is 2. The molecule has 2 aliphatic heterocycles. The summed E-state index contributed by atoms with van der Waals surface area (Å²) >= 11 is 0. The zero-order chi connectivity index (χ0) is 7.90. The number of ether oxygens (including phenoxy) is 1. The van der Waals surface area contributed by atoms with Crippen molar-refractivity contribution in [3.05, 3.63) is 0 Å². The third-order valence-corrected chi connectivity index (χ3v) is 2.73. The smallest absolute Gasteiger partial charge is 0.303 e. The van der Waals surface area contributed by atoms with Crippen LogP contribution < -0.4 is 0 Å². The molecule has 0 aromatic rings. The Bertz CT molecular complexity index is 176. The normalized spacial score (nSPS) is 41.3. The van der Waals surface area contributed by atoms with Gasteiger partial charge in [0, 0.05) is 12.0 Å². The fourth-order valence-corrected chi connectivity index (χ4v) is 2.36. The molecule has 0 aromatic carbocycles. The van der Waals surface area contributed by atoms with E-state index < -0.39 is 5.97 Å². The van der Waals surface area contributed by atoms with Gasteiger partial charge in [-0.05, 0) is 18.8 Å². The van der Waals surface area contributed by atoms with E-state index in [1.165, 1.54) is 0 Å². The van der Waals surface area contributed by atoms with E-state index in [2.05, 4.69) is 0 Å². The molecule has 1 aliphatic carbocycles. The molecule has 62 valence electrons. The maximum atomic E-state index is 10.4. The van der Waals surface area contributed by atoms with Gasteiger partial charge in [0.1, 0.15) is 0 Å². The topological polar surface area (TPSA) is 46.5 Å². The molecular weight excluding hydrogens is 144 g/mol. The molecule has 3 heteroatoms. The molecule has 2 saturated heterocycles. The molecule has 0 unspecified atom stereocenters. The van der Waals surface area contributed by atoms with Crippen LogP contribution in [0.3, 0.4) is 0 Å². The van der Waals surface area contributed by atoms with Crippen molar-refractivity contribution in [2.75, 3.05) is 13.2 Å². The number of carbonyl (C=O) groups is 1. The summed E-state index contributed by atoms with van der Waals surface area (Å²) in [5.74, 6) is -0.0305. The second-order valence-corrected chi connectivity index (χ2v) is 3.86. The molecule has 0 amide bonds. The fraction of sp³-hybridized carbons (Fsp3) is 0.875. The highest BCUT2D eigenvalue weighted by Gasteiger charge is 2.48. The van der Waals surface area contributed by atoms with Crippen LogP contribution in [0.5, 0.6) is 0 Å². The van der Waals surface area contributed by atoms with E-state index >= 15 is 0 Å². The second-order valence-electron chi connectivity index (χ2n) is 3.86. The van der Waals surface area contributed by atoms with Gasteiger partial charge in [-0.25, -0.2) is 0 Å². The van der Waals surface area contributed by atoms with Crippen molar-refractivity contribution in [1.29, 1.82) is 0 Å². The van der Waals surface area contributed by atoms with Gasteiger partial charge in [0.15, 0.2) is 0 Å². The fourth-order valence-electron chi connectivity index (χ4n) is 2.36. The Morgan fingerprint density at radius 3 is 2.82 bits per heavy atom. The summed E-state index contributed by atoms with van der Waals surface area (Å²) in [4.78, 5) is 10.4. The molecule has 2 heterocycles. The summed E-state index contributed by atoms with van der Waals surface area (Å²) in [5, 5.41) is 8.60. The van der Waals surface area contributed by atoms with Gasteiger partial charge < -0.3 is 9.84 Å². The van der Waals surface area contributed by atoms with E-state index in [0.29, 0.717) is 18.9 Å². The van der Waals surface area contributed by atoms with E-state index in [4.69, 9.17) is 9.84 Å². The lowest BCUT2D eigenvalue weighted by atomic mass is 9.59. The molecule has 3 fully saturated rings. The summed E-state index contributed by atoms with van der Waals surface area (Å²) in [6, 6.07) is 0. The molecule has 3 aliphatic rings. The van der Waals surface area contributed by atoms with E-state index in [0.717, 1.165) is 19.4 Å². The number of hydrogen-bond donors (Lipinski definition) is 1. The number of carboxylic acids is 1. The summed E-state index contributed by atoms with van der Waals surface area (Å²) < 4.78 is 5.27. The quantitative estimate of drug-likeness (QED) is 0.645. The number of fused-ring (bicyclic) bond motifs is 2. The Morgan fingerprint density at radius 1 is 1.64 bits per heavy atom. The van der Waals surface area contributed by atoms with Crippen LogP contribution in [0.1, 0.15) is 19.3 Å². The highest BCUT2D eigenvalue weighted by molar-refractivity contribution is 5.68. The highest BCUT2D eigenvalue weighted by atomic mass is 16.5. The minimum Gasteiger partial charge on any atom is -0.481 e. The van der Waals surface area contributed by atoms with Crippen LogP contribution in [-0.4, -0.2) is 24.3 Å². The lowest BCUT2D eigenvalue weighted by Crippen LogP contribution is -2.49. The highest BCUT2D eigenvalue weighted by Crippen LogP contribution is 2.51. The zero-order valence-electron chi connectivity index (χ0n) is 6.38. The minimum atomic E-state index is -0.686. The van der Waals surface area contributed by atoms with Crippen molar-refractivity contribution < 1.29 is 14.6 Å². The predicted octanol–water partition coefficient (Wildman–Crippen LogP) is 0.888. The standard InChI is InChI=1S/C8H12O3/c9-7(10)3-8-1-6(2-8)4-11-5-8/h6H,1-5H2,(H,9,10). The van der Waals surface area contributed by atoms with Crippen LogP contribution in [0.4, 0.5) is 0 Å². The van der Waals surface area contributed by atoms with Gasteiger partial charge in [-0.1, -0.05) is 0 Å². The van der Waals surface area contributed by atoms with E-state index in [9.17, 15) is 4.79 Å². The van der Waals surface area contributed by atoms with Crippen LogP contribution in [0, 0.1) is 11.3 Å². The van der Waals surface area contributed by atoms with E-state index in [1.807, 2.05) is 0 Å². The lowest BCUT2D eigenvalue weighted by molar-refractivity contribution is -0.161. The van der Waals surface area contributed by atoms with Gasteiger partial charge in [-0.2, -0.15) is 0 Å². The SMILES string of the molecule is O=C(O)CC12COCC(C1)C2. The Balaban J connectivity index is 1.96. The largest absolute Gasteiger partial charge is 0.481 e. The molecule has 0 radical (unpaired) electrons. The predicted molar refractivity (Wildman–Crippen MR) is 38.2 cm³/mol. The van der Waals surface area contributed by atoms with E-state index in [-0.39, 0.29) is 5.41 Å². The Labute approximate surface area is 65.4 Å². The molecule has 1 N–H and O–H groups in total. The first-order valence-corrected chi connectivity index (χ1v) is 4.00. The summed E-state index contributed by atoms with van der Waals surface area (Å²) in [5.41, 5.74) is 0.0226. The zero-order valence-corrected chi connectivity index (χ0v) is 6.38. The summed E-state index contributed by atoms with van der Waals surface area (Å²) in [7, 11) is 0. The van der Waals surface area contributed by atoms with Crippen molar-refractivity contribution in [3.8, 4) is 0 Å². The van der Waals surface area contributed by atoms with Crippen LogP contribution in [0.2, 0.25) is 0 Å². The van der Waals surface area contributed by atoms with Gasteiger partial charge in [0.05, 0.1) is 13.0 Å². The molecule has 2 bridgehead atoms. The Kier molecular flexibility index (Phi) is 1.42.